The van der Waals surface area contributed by atoms with Gasteiger partial charge in [0.25, 0.3) is 0 Å². The molecule has 0 saturated carbocycles. The largest absolute Gasteiger partial charge is 0.275 e. The molecule has 0 saturated heterocycles. The van der Waals surface area contributed by atoms with Crippen LogP contribution in [0, 0.1) is 5.92 Å². The number of allylic oxidation sites excluding steroid dienone is 4. The maximum atomic E-state index is 5.41. The minimum absolute atomic E-state index is 0.205. The van der Waals surface area contributed by atoms with Gasteiger partial charge >= 0.3 is 0 Å². The summed E-state index contributed by atoms with van der Waals surface area (Å²) in [7, 11) is 0. The quantitative estimate of drug-likeness (QED) is 0.196. The van der Waals surface area contributed by atoms with E-state index in [9.17, 15) is 0 Å². The van der Waals surface area contributed by atoms with Crippen molar-refractivity contribution in [3.63, 3.8) is 0 Å². The standard InChI is InChI=1S/C36H22N4S2/c1-19-9-6-12-22-28(19)31-33-24(14-8-18-37-33)40(34(31)35-29(22)20-10-2-4-15-25(20)42-35)36-38-23-13-7-17-27-30(23)32(39-36)21-11-3-5-16-26(21)41-27/h2-19,28H,1H3. The molecule has 2 unspecified atom stereocenters. The molecule has 5 heterocycles. The summed E-state index contributed by atoms with van der Waals surface area (Å²) >= 11 is 3.67. The topological polar surface area (TPSA) is 43.6 Å². The Morgan fingerprint density at radius 2 is 1.74 bits per heavy atom. The van der Waals surface area contributed by atoms with Crippen LogP contribution >= 0.6 is 23.1 Å². The third-order valence-corrected chi connectivity index (χ3v) is 11.3. The van der Waals surface area contributed by atoms with Crippen LogP contribution in [0.1, 0.15) is 24.0 Å². The zero-order valence-electron chi connectivity index (χ0n) is 22.6. The van der Waals surface area contributed by atoms with Crippen molar-refractivity contribution in [3.8, 4) is 27.8 Å². The molecule has 10 rings (SSSR count). The molecule has 7 aromatic rings. The summed E-state index contributed by atoms with van der Waals surface area (Å²) in [4.78, 5) is 19.4. The molecule has 4 nitrogen and oxygen atoms in total. The first-order valence-corrected chi connectivity index (χ1v) is 15.9. The van der Waals surface area contributed by atoms with Gasteiger partial charge < -0.3 is 0 Å². The Kier molecular flexibility index (Phi) is 4.55. The molecule has 0 fully saturated rings. The van der Waals surface area contributed by atoms with E-state index in [2.05, 4.69) is 103 Å². The minimum atomic E-state index is 0.205. The average Bonchev–Trinajstić information content (AvgIpc) is 3.58. The molecule has 198 valence electrons. The summed E-state index contributed by atoms with van der Waals surface area (Å²) in [5, 5.41) is 2.45. The third kappa shape index (κ3) is 2.91. The molecular formula is C36H22N4S2. The maximum Gasteiger partial charge on any atom is 0.235 e. The molecule has 0 amide bonds. The zero-order valence-corrected chi connectivity index (χ0v) is 24.2. The van der Waals surface area contributed by atoms with Gasteiger partial charge in [-0.05, 0) is 47.9 Å². The predicted molar refractivity (Wildman–Crippen MR) is 174 cm³/mol. The second-order valence-electron chi connectivity index (χ2n) is 11.2. The summed E-state index contributed by atoms with van der Waals surface area (Å²) in [5.41, 5.74) is 10.4. The minimum Gasteiger partial charge on any atom is -0.275 e. The smallest absolute Gasteiger partial charge is 0.235 e. The highest BCUT2D eigenvalue weighted by Crippen LogP contribution is 2.58. The Labute approximate surface area is 250 Å². The van der Waals surface area contributed by atoms with Gasteiger partial charge in [0, 0.05) is 54.1 Å². The number of hydrogen-bond donors (Lipinski definition) is 0. The van der Waals surface area contributed by atoms with Crippen molar-refractivity contribution in [2.45, 2.75) is 22.6 Å². The van der Waals surface area contributed by atoms with Crippen LogP contribution in [0.25, 0.3) is 65.4 Å². The van der Waals surface area contributed by atoms with Crippen molar-refractivity contribution in [3.05, 3.63) is 114 Å². The van der Waals surface area contributed by atoms with Crippen LogP contribution in [0.2, 0.25) is 0 Å². The van der Waals surface area contributed by atoms with Gasteiger partial charge in [0.2, 0.25) is 5.95 Å². The molecule has 0 bridgehead atoms. The number of pyridine rings is 1. The molecule has 6 heteroatoms. The lowest BCUT2D eigenvalue weighted by molar-refractivity contribution is 0.650. The first-order valence-electron chi connectivity index (χ1n) is 14.2. The molecule has 0 radical (unpaired) electrons. The number of hydrogen-bond acceptors (Lipinski definition) is 5. The van der Waals surface area contributed by atoms with Crippen LogP contribution < -0.4 is 0 Å². The Bertz CT molecular complexity index is 2370. The first kappa shape index (κ1) is 23.1. The summed E-state index contributed by atoms with van der Waals surface area (Å²) in [6.45, 7) is 2.33. The lowest BCUT2D eigenvalue weighted by atomic mass is 9.71. The summed E-state index contributed by atoms with van der Waals surface area (Å²) in [5.74, 6) is 1.24. The molecule has 2 aliphatic carbocycles. The Morgan fingerprint density at radius 3 is 2.71 bits per heavy atom. The normalized spacial score (nSPS) is 18.1. The highest BCUT2D eigenvalue weighted by molar-refractivity contribution is 7.99. The molecular weight excluding hydrogens is 553 g/mol. The van der Waals surface area contributed by atoms with Crippen molar-refractivity contribution in [2.75, 3.05) is 0 Å². The highest BCUT2D eigenvalue weighted by Gasteiger charge is 2.40. The van der Waals surface area contributed by atoms with E-state index < -0.39 is 0 Å². The molecule has 42 heavy (non-hydrogen) atoms. The van der Waals surface area contributed by atoms with Gasteiger partial charge in [-0.15, -0.1) is 11.3 Å². The average molecular weight is 575 g/mol. The summed E-state index contributed by atoms with van der Waals surface area (Å²) in [6, 6.07) is 28.0. The molecule has 0 spiro atoms. The number of thiophene rings is 1. The van der Waals surface area contributed by atoms with Crippen molar-refractivity contribution < 1.29 is 0 Å². The van der Waals surface area contributed by atoms with Gasteiger partial charge in [0.05, 0.1) is 32.8 Å². The Hall–Kier alpha value is -4.52. The SMILES string of the molecule is CC1C=CC=C2c3c(sc4ccccc34)-c3c(c4ncccc4n3-c3nc4c5c(cccc5n3)Sc3ccccc3-4)C21. The van der Waals surface area contributed by atoms with Crippen LogP contribution in [0.15, 0.2) is 113 Å². The molecule has 4 aromatic heterocycles. The number of benzene rings is 3. The van der Waals surface area contributed by atoms with E-state index in [1.807, 2.05) is 23.6 Å². The number of nitrogens with zero attached hydrogens (tertiary/aromatic N) is 4. The molecule has 2 atom stereocenters. The third-order valence-electron chi connectivity index (χ3n) is 8.96. The summed E-state index contributed by atoms with van der Waals surface area (Å²) in [6.07, 6.45) is 8.81. The van der Waals surface area contributed by atoms with Crippen molar-refractivity contribution >= 4 is 60.7 Å². The summed E-state index contributed by atoms with van der Waals surface area (Å²) < 4.78 is 3.60. The second kappa shape index (κ2) is 8.28. The lowest BCUT2D eigenvalue weighted by Crippen LogP contribution is -2.18. The van der Waals surface area contributed by atoms with Crippen LogP contribution in [0.3, 0.4) is 0 Å². The van der Waals surface area contributed by atoms with E-state index in [4.69, 9.17) is 15.0 Å². The van der Waals surface area contributed by atoms with E-state index in [0.29, 0.717) is 11.9 Å². The van der Waals surface area contributed by atoms with Crippen molar-refractivity contribution in [2.24, 2.45) is 5.92 Å². The zero-order chi connectivity index (χ0) is 27.5. The second-order valence-corrected chi connectivity index (χ2v) is 13.4. The number of aromatic nitrogens is 4. The van der Waals surface area contributed by atoms with Crippen LogP contribution in [-0.2, 0) is 0 Å². The van der Waals surface area contributed by atoms with E-state index in [1.165, 1.54) is 47.1 Å². The van der Waals surface area contributed by atoms with Gasteiger partial charge in [-0.3, -0.25) is 9.55 Å². The molecule has 3 aliphatic rings. The Balaban J connectivity index is 1.38. The fraction of sp³-hybridized carbons (Fsp3) is 0.0833. The monoisotopic (exact) mass is 574 g/mol. The predicted octanol–water partition coefficient (Wildman–Crippen LogP) is 9.67. The van der Waals surface area contributed by atoms with Crippen LogP contribution in [-0.4, -0.2) is 19.5 Å². The van der Waals surface area contributed by atoms with Crippen LogP contribution in [0.5, 0.6) is 0 Å². The van der Waals surface area contributed by atoms with Gasteiger partial charge in [0.1, 0.15) is 0 Å². The highest BCUT2D eigenvalue weighted by atomic mass is 32.2. The lowest BCUT2D eigenvalue weighted by Gasteiger charge is -2.32. The maximum absolute atomic E-state index is 5.41. The van der Waals surface area contributed by atoms with Gasteiger partial charge in [-0.1, -0.05) is 79.4 Å². The molecule has 3 aromatic carbocycles. The van der Waals surface area contributed by atoms with E-state index >= 15 is 0 Å². The molecule has 1 aliphatic heterocycles. The first-order chi connectivity index (χ1) is 20.8. The van der Waals surface area contributed by atoms with Crippen molar-refractivity contribution in [1.82, 2.24) is 19.5 Å². The number of fused-ring (bicyclic) bond motifs is 12. The van der Waals surface area contributed by atoms with Gasteiger partial charge in [0.15, 0.2) is 0 Å². The van der Waals surface area contributed by atoms with Gasteiger partial charge in [-0.25, -0.2) is 9.97 Å². The number of rotatable bonds is 1. The molecule has 0 N–H and O–H groups in total. The fourth-order valence-corrected chi connectivity index (χ4v) is 9.62. The van der Waals surface area contributed by atoms with E-state index in [0.717, 1.165) is 33.2 Å². The van der Waals surface area contributed by atoms with E-state index in [-0.39, 0.29) is 5.92 Å². The van der Waals surface area contributed by atoms with Crippen molar-refractivity contribution in [1.29, 1.82) is 0 Å². The Morgan fingerprint density at radius 1 is 0.857 bits per heavy atom. The van der Waals surface area contributed by atoms with Gasteiger partial charge in [-0.2, -0.15) is 0 Å². The van der Waals surface area contributed by atoms with Crippen LogP contribution in [0.4, 0.5) is 0 Å². The van der Waals surface area contributed by atoms with E-state index in [1.54, 1.807) is 11.8 Å². The fourth-order valence-electron chi connectivity index (χ4n) is 7.24.